The van der Waals surface area contributed by atoms with Crippen molar-refractivity contribution in [2.75, 3.05) is 11.9 Å². The molecule has 2 aromatic heterocycles. The van der Waals surface area contributed by atoms with Crippen LogP contribution in [0.25, 0.3) is 11.5 Å². The Morgan fingerprint density at radius 3 is 2.81 bits per heavy atom. The summed E-state index contributed by atoms with van der Waals surface area (Å²) in [6.07, 6.45) is 6.48. The molecule has 1 aromatic carbocycles. The Morgan fingerprint density at radius 2 is 2.00 bits per heavy atom. The largest absolute Gasteiger partial charge is 0.385 e. The van der Waals surface area contributed by atoms with Crippen molar-refractivity contribution in [3.05, 3.63) is 54.8 Å². The second-order valence-electron chi connectivity index (χ2n) is 4.50. The van der Waals surface area contributed by atoms with Crippen LogP contribution in [-0.4, -0.2) is 26.7 Å². The number of aromatic nitrogens is 4. The number of aryl methyl sites for hydroxylation is 1. The number of hydrogen-bond acceptors (Lipinski definition) is 6. The second-order valence-corrected chi connectivity index (χ2v) is 4.50. The molecule has 1 N–H and O–H groups in total. The van der Waals surface area contributed by atoms with Gasteiger partial charge in [0.25, 0.3) is 0 Å². The van der Waals surface area contributed by atoms with Crippen molar-refractivity contribution in [3.8, 4) is 11.5 Å². The molecule has 0 bridgehead atoms. The minimum atomic E-state index is 0.481. The van der Waals surface area contributed by atoms with Gasteiger partial charge in [-0.3, -0.25) is 4.98 Å². The standard InChI is InChI=1S/C15H15N5O/c1-2-5-12(6-3-1)17-8-4-7-14-19-15(20-21-14)13-11-16-9-10-18-13/h1-3,5-6,9-11,17H,4,7-8H2. The first-order chi connectivity index (χ1) is 10.4. The van der Waals surface area contributed by atoms with Gasteiger partial charge in [-0.2, -0.15) is 4.98 Å². The summed E-state index contributed by atoms with van der Waals surface area (Å²) in [6.45, 7) is 0.854. The Morgan fingerprint density at radius 1 is 1.10 bits per heavy atom. The number of hydrogen-bond donors (Lipinski definition) is 1. The van der Waals surface area contributed by atoms with Crippen LogP contribution in [0.5, 0.6) is 0 Å². The van der Waals surface area contributed by atoms with Crippen LogP contribution in [0.1, 0.15) is 12.3 Å². The van der Waals surface area contributed by atoms with E-state index >= 15 is 0 Å². The lowest BCUT2D eigenvalue weighted by Crippen LogP contribution is -2.02. The third kappa shape index (κ3) is 3.62. The predicted molar refractivity (Wildman–Crippen MR) is 78.6 cm³/mol. The van der Waals surface area contributed by atoms with Crippen LogP contribution in [0.4, 0.5) is 5.69 Å². The minimum absolute atomic E-state index is 0.481. The SMILES string of the molecule is c1ccc(NCCCc2nc(-c3cnccn3)no2)cc1. The lowest BCUT2D eigenvalue weighted by molar-refractivity contribution is 0.377. The molecule has 2 heterocycles. The lowest BCUT2D eigenvalue weighted by atomic mass is 10.3. The van der Waals surface area contributed by atoms with E-state index in [1.165, 1.54) is 0 Å². The Hall–Kier alpha value is -2.76. The quantitative estimate of drug-likeness (QED) is 0.700. The first-order valence-electron chi connectivity index (χ1n) is 6.80. The molecule has 0 aliphatic heterocycles. The van der Waals surface area contributed by atoms with Gasteiger partial charge in [-0.25, -0.2) is 4.98 Å². The maximum absolute atomic E-state index is 5.21. The van der Waals surface area contributed by atoms with Crippen LogP contribution >= 0.6 is 0 Å². The fraction of sp³-hybridized carbons (Fsp3) is 0.200. The maximum Gasteiger partial charge on any atom is 0.227 e. The first-order valence-corrected chi connectivity index (χ1v) is 6.80. The van der Waals surface area contributed by atoms with Gasteiger partial charge in [0.2, 0.25) is 11.7 Å². The van der Waals surface area contributed by atoms with Crippen molar-refractivity contribution < 1.29 is 4.52 Å². The molecule has 106 valence electrons. The van der Waals surface area contributed by atoms with Crippen molar-refractivity contribution in [1.29, 1.82) is 0 Å². The maximum atomic E-state index is 5.21. The Balaban J connectivity index is 1.49. The summed E-state index contributed by atoms with van der Waals surface area (Å²) < 4.78 is 5.21. The van der Waals surface area contributed by atoms with E-state index in [-0.39, 0.29) is 0 Å². The van der Waals surface area contributed by atoms with Crippen LogP contribution in [0.15, 0.2) is 53.4 Å². The molecule has 3 aromatic rings. The van der Waals surface area contributed by atoms with Crippen molar-refractivity contribution >= 4 is 5.69 Å². The van der Waals surface area contributed by atoms with Gasteiger partial charge in [0.1, 0.15) is 5.69 Å². The molecular weight excluding hydrogens is 266 g/mol. The monoisotopic (exact) mass is 281 g/mol. The average Bonchev–Trinajstić information content (AvgIpc) is 3.02. The van der Waals surface area contributed by atoms with Gasteiger partial charge in [-0.15, -0.1) is 0 Å². The molecule has 0 aliphatic carbocycles. The van der Waals surface area contributed by atoms with Crippen molar-refractivity contribution in [1.82, 2.24) is 20.1 Å². The van der Waals surface area contributed by atoms with E-state index in [9.17, 15) is 0 Å². The lowest BCUT2D eigenvalue weighted by Gasteiger charge is -2.03. The molecule has 0 fully saturated rings. The Bertz CT molecular complexity index is 669. The van der Waals surface area contributed by atoms with E-state index in [0.717, 1.165) is 25.1 Å². The highest BCUT2D eigenvalue weighted by Gasteiger charge is 2.09. The third-order valence-electron chi connectivity index (χ3n) is 2.93. The van der Waals surface area contributed by atoms with Crippen LogP contribution in [0.2, 0.25) is 0 Å². The summed E-state index contributed by atoms with van der Waals surface area (Å²) in [4.78, 5) is 12.4. The molecule has 3 rings (SSSR count). The molecule has 6 heteroatoms. The second kappa shape index (κ2) is 6.60. The summed E-state index contributed by atoms with van der Waals surface area (Å²) in [5.41, 5.74) is 1.73. The van der Waals surface area contributed by atoms with Gasteiger partial charge in [0.15, 0.2) is 0 Å². The van der Waals surface area contributed by atoms with Crippen LogP contribution in [-0.2, 0) is 6.42 Å². The molecule has 0 spiro atoms. The zero-order valence-corrected chi connectivity index (χ0v) is 11.4. The van der Waals surface area contributed by atoms with E-state index in [2.05, 4.69) is 25.4 Å². The summed E-state index contributed by atoms with van der Waals surface area (Å²) in [5.74, 6) is 1.10. The van der Waals surface area contributed by atoms with Crippen molar-refractivity contribution in [2.24, 2.45) is 0 Å². The molecule has 6 nitrogen and oxygen atoms in total. The van der Waals surface area contributed by atoms with Crippen LogP contribution in [0, 0.1) is 0 Å². The van der Waals surface area contributed by atoms with Crippen LogP contribution in [0.3, 0.4) is 0 Å². The summed E-state index contributed by atoms with van der Waals surface area (Å²) in [5, 5.41) is 7.26. The number of para-hydroxylation sites is 1. The fourth-order valence-electron chi connectivity index (χ4n) is 1.90. The van der Waals surface area contributed by atoms with Gasteiger partial charge in [0.05, 0.1) is 6.20 Å². The van der Waals surface area contributed by atoms with Crippen LogP contribution < -0.4 is 5.32 Å². The molecule has 0 saturated heterocycles. The molecule has 0 radical (unpaired) electrons. The van der Waals surface area contributed by atoms with Gasteiger partial charge in [-0.1, -0.05) is 23.4 Å². The summed E-state index contributed by atoms with van der Waals surface area (Å²) in [6, 6.07) is 10.1. The molecule has 0 unspecified atom stereocenters. The van der Waals surface area contributed by atoms with Crippen molar-refractivity contribution in [2.45, 2.75) is 12.8 Å². The topological polar surface area (TPSA) is 76.7 Å². The van der Waals surface area contributed by atoms with E-state index in [1.54, 1.807) is 18.6 Å². The number of nitrogens with one attached hydrogen (secondary N) is 1. The van der Waals surface area contributed by atoms with Gasteiger partial charge in [-0.05, 0) is 18.6 Å². The minimum Gasteiger partial charge on any atom is -0.385 e. The first kappa shape index (κ1) is 13.2. The number of rotatable bonds is 6. The number of anilines is 1. The predicted octanol–water partition coefficient (Wildman–Crippen LogP) is 2.57. The normalized spacial score (nSPS) is 10.5. The summed E-state index contributed by atoms with van der Waals surface area (Å²) >= 11 is 0. The molecule has 21 heavy (non-hydrogen) atoms. The zero-order valence-electron chi connectivity index (χ0n) is 11.4. The Labute approximate surface area is 122 Å². The molecule has 0 aliphatic rings. The third-order valence-corrected chi connectivity index (χ3v) is 2.93. The number of nitrogens with zero attached hydrogens (tertiary/aromatic N) is 4. The van der Waals surface area contributed by atoms with Gasteiger partial charge >= 0.3 is 0 Å². The van der Waals surface area contributed by atoms with E-state index in [4.69, 9.17) is 4.52 Å². The molecular formula is C15H15N5O. The van der Waals surface area contributed by atoms with Crippen molar-refractivity contribution in [3.63, 3.8) is 0 Å². The molecule has 0 saturated carbocycles. The smallest absolute Gasteiger partial charge is 0.227 e. The van der Waals surface area contributed by atoms with Gasteiger partial charge < -0.3 is 9.84 Å². The van der Waals surface area contributed by atoms with E-state index in [1.807, 2.05) is 30.3 Å². The van der Waals surface area contributed by atoms with E-state index < -0.39 is 0 Å². The highest BCUT2D eigenvalue weighted by atomic mass is 16.5. The highest BCUT2D eigenvalue weighted by molar-refractivity contribution is 5.45. The molecule has 0 atom stereocenters. The highest BCUT2D eigenvalue weighted by Crippen LogP contribution is 2.12. The molecule has 0 amide bonds. The Kier molecular flexibility index (Phi) is 4.16. The summed E-state index contributed by atoms with van der Waals surface area (Å²) in [7, 11) is 0. The number of benzene rings is 1. The van der Waals surface area contributed by atoms with Gasteiger partial charge in [0, 0.05) is 31.0 Å². The van der Waals surface area contributed by atoms with E-state index in [0.29, 0.717) is 17.4 Å². The zero-order chi connectivity index (χ0) is 14.3. The average molecular weight is 281 g/mol. The fourth-order valence-corrected chi connectivity index (χ4v) is 1.90.